The number of carbonyl (C=O) groups excluding carboxylic acids is 1. The molecule has 1 fully saturated rings. The molecule has 2 unspecified atom stereocenters. The lowest BCUT2D eigenvalue weighted by molar-refractivity contribution is -0.00403. The summed E-state index contributed by atoms with van der Waals surface area (Å²) in [5, 5.41) is 0. The van der Waals surface area contributed by atoms with Crippen molar-refractivity contribution in [3.05, 3.63) is 35.9 Å². The topological polar surface area (TPSA) is 58.8 Å². The number of amides is 1. The second kappa shape index (κ2) is 7.32. The Labute approximate surface area is 139 Å². The molecule has 1 amide bonds. The van der Waals surface area contributed by atoms with Crippen LogP contribution in [-0.4, -0.2) is 53.7 Å². The molecule has 0 aliphatic carbocycles. The number of rotatable bonds is 3. The summed E-state index contributed by atoms with van der Waals surface area (Å²) in [6, 6.07) is 10.6. The Morgan fingerprint density at radius 2 is 1.96 bits per heavy atom. The van der Waals surface area contributed by atoms with Crippen molar-refractivity contribution in [2.45, 2.75) is 45.4 Å². The van der Waals surface area contributed by atoms with Gasteiger partial charge in [0.05, 0.1) is 0 Å². The minimum atomic E-state index is -0.461. The lowest BCUT2D eigenvalue weighted by atomic mass is 10.0. The van der Waals surface area contributed by atoms with Crippen LogP contribution >= 0.6 is 0 Å². The maximum Gasteiger partial charge on any atom is 0.410 e. The highest BCUT2D eigenvalue weighted by atomic mass is 16.6. The standard InChI is InChI=1S/C18H29N3O2/c1-14-13-20(16(12-19)15-8-6-5-7-9-15)10-11-21(14)17(22)23-18(2,3)4/h5-9,14,16H,10-13,19H2,1-4H3. The Hall–Kier alpha value is -1.59. The molecule has 0 saturated carbocycles. The van der Waals surface area contributed by atoms with Crippen molar-refractivity contribution in [1.82, 2.24) is 9.80 Å². The molecular formula is C18H29N3O2. The molecule has 1 aliphatic rings. The molecule has 0 spiro atoms. The van der Waals surface area contributed by atoms with Gasteiger partial charge in [-0.15, -0.1) is 0 Å². The largest absolute Gasteiger partial charge is 0.444 e. The highest BCUT2D eigenvalue weighted by Gasteiger charge is 2.33. The third kappa shape index (κ3) is 4.69. The first-order valence-electron chi connectivity index (χ1n) is 8.30. The summed E-state index contributed by atoms with van der Waals surface area (Å²) in [6.45, 7) is 10.6. The molecular weight excluding hydrogens is 290 g/mol. The van der Waals surface area contributed by atoms with E-state index >= 15 is 0 Å². The van der Waals surface area contributed by atoms with E-state index in [0.717, 1.165) is 13.1 Å². The van der Waals surface area contributed by atoms with E-state index in [4.69, 9.17) is 10.5 Å². The Balaban J connectivity index is 2.01. The predicted molar refractivity (Wildman–Crippen MR) is 92.2 cm³/mol. The van der Waals surface area contributed by atoms with E-state index in [-0.39, 0.29) is 18.2 Å². The van der Waals surface area contributed by atoms with E-state index in [1.165, 1.54) is 5.56 Å². The zero-order valence-electron chi connectivity index (χ0n) is 14.7. The van der Waals surface area contributed by atoms with E-state index in [9.17, 15) is 4.79 Å². The molecule has 5 nitrogen and oxygen atoms in total. The summed E-state index contributed by atoms with van der Waals surface area (Å²) in [6.07, 6.45) is -0.228. The van der Waals surface area contributed by atoms with Crippen LogP contribution in [0.1, 0.15) is 39.3 Å². The molecule has 1 aliphatic heterocycles. The molecule has 1 heterocycles. The van der Waals surface area contributed by atoms with E-state index in [1.54, 1.807) is 0 Å². The first-order valence-corrected chi connectivity index (χ1v) is 8.30. The average molecular weight is 319 g/mol. The second-order valence-electron chi connectivity index (χ2n) is 7.18. The normalized spacial score (nSPS) is 21.1. The van der Waals surface area contributed by atoms with Crippen molar-refractivity contribution in [3.8, 4) is 0 Å². The lowest BCUT2D eigenvalue weighted by Gasteiger charge is -2.43. The van der Waals surface area contributed by atoms with Crippen molar-refractivity contribution in [2.75, 3.05) is 26.2 Å². The summed E-state index contributed by atoms with van der Waals surface area (Å²) >= 11 is 0. The number of carbonyl (C=O) groups is 1. The molecule has 1 saturated heterocycles. The fourth-order valence-corrected chi connectivity index (χ4v) is 3.03. The molecule has 2 N–H and O–H groups in total. The molecule has 1 aromatic rings. The van der Waals surface area contributed by atoms with Crippen molar-refractivity contribution in [1.29, 1.82) is 0 Å². The van der Waals surface area contributed by atoms with Crippen molar-refractivity contribution >= 4 is 6.09 Å². The van der Waals surface area contributed by atoms with Gasteiger partial charge < -0.3 is 15.4 Å². The molecule has 0 bridgehead atoms. The first kappa shape index (κ1) is 17.8. The monoisotopic (exact) mass is 319 g/mol. The van der Waals surface area contributed by atoms with Gasteiger partial charge in [-0.05, 0) is 33.3 Å². The minimum absolute atomic E-state index is 0.108. The third-order valence-electron chi connectivity index (χ3n) is 4.14. The number of hydrogen-bond acceptors (Lipinski definition) is 4. The van der Waals surface area contributed by atoms with E-state index in [0.29, 0.717) is 13.1 Å². The van der Waals surface area contributed by atoms with Crippen LogP contribution in [-0.2, 0) is 4.74 Å². The number of benzene rings is 1. The molecule has 0 aromatic heterocycles. The Kier molecular flexibility index (Phi) is 5.65. The fraction of sp³-hybridized carbons (Fsp3) is 0.611. The van der Waals surface area contributed by atoms with Crippen LogP contribution in [0.15, 0.2) is 30.3 Å². The van der Waals surface area contributed by atoms with E-state index in [2.05, 4.69) is 24.0 Å². The minimum Gasteiger partial charge on any atom is -0.444 e. The summed E-state index contributed by atoms with van der Waals surface area (Å²) < 4.78 is 5.50. The first-order chi connectivity index (χ1) is 10.8. The van der Waals surface area contributed by atoms with E-state index in [1.807, 2.05) is 43.9 Å². The average Bonchev–Trinajstić information content (AvgIpc) is 2.47. The fourth-order valence-electron chi connectivity index (χ4n) is 3.03. The number of piperazine rings is 1. The van der Waals surface area contributed by atoms with Gasteiger partial charge in [0.2, 0.25) is 0 Å². The second-order valence-corrected chi connectivity index (χ2v) is 7.18. The van der Waals surface area contributed by atoms with Crippen LogP contribution in [0.4, 0.5) is 4.79 Å². The van der Waals surface area contributed by atoms with Gasteiger partial charge in [0.25, 0.3) is 0 Å². The number of hydrogen-bond donors (Lipinski definition) is 1. The quantitative estimate of drug-likeness (QED) is 0.930. The smallest absolute Gasteiger partial charge is 0.410 e. The van der Waals surface area contributed by atoms with Gasteiger partial charge in [-0.2, -0.15) is 0 Å². The van der Waals surface area contributed by atoms with Crippen LogP contribution < -0.4 is 5.73 Å². The molecule has 2 atom stereocenters. The summed E-state index contributed by atoms with van der Waals surface area (Å²) in [4.78, 5) is 16.5. The van der Waals surface area contributed by atoms with Gasteiger partial charge in [0.1, 0.15) is 5.60 Å². The maximum atomic E-state index is 12.3. The van der Waals surface area contributed by atoms with Gasteiger partial charge >= 0.3 is 6.09 Å². The van der Waals surface area contributed by atoms with Crippen molar-refractivity contribution < 1.29 is 9.53 Å². The van der Waals surface area contributed by atoms with Gasteiger partial charge in [0.15, 0.2) is 0 Å². The summed E-state index contributed by atoms with van der Waals surface area (Å²) in [5.41, 5.74) is 6.78. The van der Waals surface area contributed by atoms with Gasteiger partial charge in [-0.1, -0.05) is 30.3 Å². The van der Waals surface area contributed by atoms with Gasteiger partial charge in [-0.3, -0.25) is 4.90 Å². The SMILES string of the molecule is CC1CN(C(CN)c2ccccc2)CCN1C(=O)OC(C)(C)C. The highest BCUT2D eigenvalue weighted by molar-refractivity contribution is 5.68. The number of nitrogens with two attached hydrogens (primary N) is 1. The van der Waals surface area contributed by atoms with Crippen LogP contribution in [0.2, 0.25) is 0 Å². The Morgan fingerprint density at radius 1 is 1.30 bits per heavy atom. The maximum absolute atomic E-state index is 12.3. The molecule has 128 valence electrons. The molecule has 2 rings (SSSR count). The Bertz CT molecular complexity index is 513. The van der Waals surface area contributed by atoms with Crippen LogP contribution in [0.5, 0.6) is 0 Å². The number of nitrogens with zero attached hydrogens (tertiary/aromatic N) is 2. The molecule has 5 heteroatoms. The van der Waals surface area contributed by atoms with Crippen molar-refractivity contribution in [2.24, 2.45) is 5.73 Å². The highest BCUT2D eigenvalue weighted by Crippen LogP contribution is 2.24. The van der Waals surface area contributed by atoms with Crippen LogP contribution in [0.25, 0.3) is 0 Å². The van der Waals surface area contributed by atoms with E-state index < -0.39 is 5.60 Å². The Morgan fingerprint density at radius 3 is 2.48 bits per heavy atom. The van der Waals surface area contributed by atoms with Gasteiger partial charge in [0, 0.05) is 38.3 Å². The number of ether oxygens (including phenoxy) is 1. The lowest BCUT2D eigenvalue weighted by Crippen LogP contribution is -2.56. The predicted octanol–water partition coefficient (Wildman–Crippen LogP) is 2.63. The zero-order chi connectivity index (χ0) is 17.0. The summed E-state index contributed by atoms with van der Waals surface area (Å²) in [5.74, 6) is 0. The van der Waals surface area contributed by atoms with Gasteiger partial charge in [-0.25, -0.2) is 4.79 Å². The zero-order valence-corrected chi connectivity index (χ0v) is 14.7. The molecule has 1 aromatic carbocycles. The molecule has 0 radical (unpaired) electrons. The third-order valence-corrected chi connectivity index (χ3v) is 4.14. The van der Waals surface area contributed by atoms with Crippen molar-refractivity contribution in [3.63, 3.8) is 0 Å². The summed E-state index contributed by atoms with van der Waals surface area (Å²) in [7, 11) is 0. The molecule has 23 heavy (non-hydrogen) atoms. The van der Waals surface area contributed by atoms with Crippen LogP contribution in [0.3, 0.4) is 0 Å². The van der Waals surface area contributed by atoms with Crippen LogP contribution in [0, 0.1) is 0 Å².